The molecule has 17 heavy (non-hydrogen) atoms. The van der Waals surface area contributed by atoms with Crippen LogP contribution in [0.25, 0.3) is 0 Å². The molecule has 7 nitrogen and oxygen atoms in total. The number of carboxylic acids is 1. The highest BCUT2D eigenvalue weighted by Crippen LogP contribution is 2.20. The molecule has 0 radical (unpaired) electrons. The number of carboxylic acid groups (broad SMARTS) is 1. The first kappa shape index (κ1) is 11.6. The van der Waals surface area contributed by atoms with E-state index in [0.717, 1.165) is 0 Å². The van der Waals surface area contributed by atoms with Crippen molar-refractivity contribution in [2.75, 3.05) is 13.2 Å². The number of aryl methyl sites for hydroxylation is 1. The largest absolute Gasteiger partial charge is 0.479 e. The van der Waals surface area contributed by atoms with Gasteiger partial charge in [0.25, 0.3) is 5.91 Å². The van der Waals surface area contributed by atoms with Gasteiger partial charge in [-0.15, -0.1) is 0 Å². The molecule has 1 atom stereocenters. The number of carbonyl (C=O) groups excluding carboxylic acids is 1. The standard InChI is InChI=1S/C10H12N2O5/c1-6-7(4-11-17-6)8(13)12-10(9(14)15)2-3-16-5-10/h4H,2-3,5H2,1H3,(H,12,13)(H,14,15). The lowest BCUT2D eigenvalue weighted by molar-refractivity contribution is -0.144. The molecule has 1 aliphatic rings. The summed E-state index contributed by atoms with van der Waals surface area (Å²) in [5, 5.41) is 15.1. The van der Waals surface area contributed by atoms with E-state index in [1.165, 1.54) is 6.20 Å². The minimum absolute atomic E-state index is 0.0294. The van der Waals surface area contributed by atoms with E-state index in [-0.39, 0.29) is 18.6 Å². The summed E-state index contributed by atoms with van der Waals surface area (Å²) in [5.41, 5.74) is -1.11. The lowest BCUT2D eigenvalue weighted by Crippen LogP contribution is -2.55. The van der Waals surface area contributed by atoms with Crippen LogP contribution in [0.4, 0.5) is 0 Å². The summed E-state index contributed by atoms with van der Waals surface area (Å²) in [5.74, 6) is -1.27. The summed E-state index contributed by atoms with van der Waals surface area (Å²) in [6, 6.07) is 0. The smallest absolute Gasteiger partial charge is 0.331 e. The molecule has 2 N–H and O–H groups in total. The molecular formula is C10H12N2O5. The monoisotopic (exact) mass is 240 g/mol. The van der Waals surface area contributed by atoms with Crippen molar-refractivity contribution in [2.45, 2.75) is 18.9 Å². The molecule has 1 fully saturated rings. The van der Waals surface area contributed by atoms with Gasteiger partial charge in [0, 0.05) is 13.0 Å². The van der Waals surface area contributed by atoms with Crippen molar-refractivity contribution >= 4 is 11.9 Å². The highest BCUT2D eigenvalue weighted by molar-refractivity contribution is 5.98. The van der Waals surface area contributed by atoms with E-state index in [0.29, 0.717) is 12.4 Å². The van der Waals surface area contributed by atoms with Gasteiger partial charge < -0.3 is 19.7 Å². The molecule has 0 spiro atoms. The Morgan fingerprint density at radius 1 is 1.59 bits per heavy atom. The number of hydrogen-bond donors (Lipinski definition) is 2. The molecule has 0 aromatic carbocycles. The van der Waals surface area contributed by atoms with Gasteiger partial charge in [-0.1, -0.05) is 5.16 Å². The quantitative estimate of drug-likeness (QED) is 0.768. The molecule has 92 valence electrons. The zero-order valence-electron chi connectivity index (χ0n) is 9.23. The van der Waals surface area contributed by atoms with E-state index in [4.69, 9.17) is 14.4 Å². The Labute approximate surface area is 96.7 Å². The third kappa shape index (κ3) is 2.01. The van der Waals surface area contributed by atoms with Gasteiger partial charge in [-0.25, -0.2) is 4.79 Å². The van der Waals surface area contributed by atoms with E-state index in [1.54, 1.807) is 6.92 Å². The molecule has 1 aliphatic heterocycles. The summed E-state index contributed by atoms with van der Waals surface area (Å²) in [6.07, 6.45) is 1.51. The van der Waals surface area contributed by atoms with Crippen LogP contribution in [0.2, 0.25) is 0 Å². The summed E-state index contributed by atoms with van der Waals surface area (Å²) in [6.45, 7) is 1.87. The normalized spacial score (nSPS) is 23.6. The van der Waals surface area contributed by atoms with Gasteiger partial charge in [0.05, 0.1) is 12.8 Å². The predicted octanol–water partition coefficient (Wildman–Crippen LogP) is -0.0435. The highest BCUT2D eigenvalue weighted by atomic mass is 16.5. The van der Waals surface area contributed by atoms with Crippen LogP contribution in [-0.4, -0.2) is 40.9 Å². The first-order chi connectivity index (χ1) is 8.05. The molecule has 0 aliphatic carbocycles. The van der Waals surface area contributed by atoms with Crippen LogP contribution in [0.1, 0.15) is 22.5 Å². The maximum atomic E-state index is 11.9. The molecule has 1 saturated heterocycles. The molecule has 2 rings (SSSR count). The van der Waals surface area contributed by atoms with Gasteiger partial charge >= 0.3 is 5.97 Å². The van der Waals surface area contributed by atoms with Crippen molar-refractivity contribution in [2.24, 2.45) is 0 Å². The fraction of sp³-hybridized carbons (Fsp3) is 0.500. The van der Waals surface area contributed by atoms with Crippen LogP contribution in [0, 0.1) is 6.92 Å². The first-order valence-corrected chi connectivity index (χ1v) is 5.10. The van der Waals surface area contributed by atoms with Crippen molar-refractivity contribution in [3.63, 3.8) is 0 Å². The van der Waals surface area contributed by atoms with Crippen LogP contribution in [0.5, 0.6) is 0 Å². The molecule has 1 unspecified atom stereocenters. The zero-order valence-corrected chi connectivity index (χ0v) is 9.23. The van der Waals surface area contributed by atoms with Crippen LogP contribution < -0.4 is 5.32 Å². The van der Waals surface area contributed by atoms with Gasteiger partial charge in [-0.05, 0) is 6.92 Å². The number of aliphatic carboxylic acids is 1. The van der Waals surface area contributed by atoms with Gasteiger partial charge in [0.2, 0.25) is 0 Å². The summed E-state index contributed by atoms with van der Waals surface area (Å²) in [4.78, 5) is 23.0. The molecule has 2 heterocycles. The average molecular weight is 240 g/mol. The van der Waals surface area contributed by atoms with Crippen LogP contribution in [-0.2, 0) is 9.53 Å². The minimum Gasteiger partial charge on any atom is -0.479 e. The minimum atomic E-state index is -1.35. The Morgan fingerprint density at radius 3 is 2.82 bits per heavy atom. The van der Waals surface area contributed by atoms with E-state index < -0.39 is 17.4 Å². The molecule has 0 bridgehead atoms. The topological polar surface area (TPSA) is 102 Å². The second-order valence-corrected chi connectivity index (χ2v) is 3.94. The van der Waals surface area contributed by atoms with Crippen LogP contribution in [0.15, 0.2) is 10.7 Å². The average Bonchev–Trinajstić information content (AvgIpc) is 2.87. The third-order valence-electron chi connectivity index (χ3n) is 2.78. The molecule has 7 heteroatoms. The van der Waals surface area contributed by atoms with E-state index >= 15 is 0 Å². The zero-order chi connectivity index (χ0) is 12.5. The lowest BCUT2D eigenvalue weighted by atomic mass is 9.98. The maximum Gasteiger partial charge on any atom is 0.331 e. The van der Waals surface area contributed by atoms with Gasteiger partial charge in [-0.2, -0.15) is 0 Å². The van der Waals surface area contributed by atoms with E-state index in [9.17, 15) is 9.59 Å². The Balaban J connectivity index is 2.17. The number of hydrogen-bond acceptors (Lipinski definition) is 5. The number of ether oxygens (including phenoxy) is 1. The fourth-order valence-electron chi connectivity index (χ4n) is 1.69. The van der Waals surface area contributed by atoms with Crippen molar-refractivity contribution < 1.29 is 24.0 Å². The number of rotatable bonds is 3. The Bertz CT molecular complexity index is 447. The van der Waals surface area contributed by atoms with Crippen molar-refractivity contribution in [1.29, 1.82) is 0 Å². The third-order valence-corrected chi connectivity index (χ3v) is 2.78. The van der Waals surface area contributed by atoms with Gasteiger partial charge in [-0.3, -0.25) is 4.79 Å². The van der Waals surface area contributed by atoms with E-state index in [1.807, 2.05) is 0 Å². The molecule has 1 amide bonds. The molecule has 1 aromatic rings. The fourth-order valence-corrected chi connectivity index (χ4v) is 1.69. The Kier molecular flexibility index (Phi) is 2.84. The molecule has 1 aromatic heterocycles. The first-order valence-electron chi connectivity index (χ1n) is 5.10. The second kappa shape index (κ2) is 4.17. The van der Waals surface area contributed by atoms with E-state index in [2.05, 4.69) is 10.5 Å². The number of nitrogens with one attached hydrogen (secondary N) is 1. The predicted molar refractivity (Wildman–Crippen MR) is 54.5 cm³/mol. The Hall–Kier alpha value is -1.89. The number of nitrogens with zero attached hydrogens (tertiary/aromatic N) is 1. The Morgan fingerprint density at radius 2 is 2.35 bits per heavy atom. The molecule has 0 saturated carbocycles. The van der Waals surface area contributed by atoms with Crippen molar-refractivity contribution in [1.82, 2.24) is 10.5 Å². The van der Waals surface area contributed by atoms with Crippen LogP contribution >= 0.6 is 0 Å². The summed E-state index contributed by atoms with van der Waals surface area (Å²) in [7, 11) is 0. The summed E-state index contributed by atoms with van der Waals surface area (Å²) < 4.78 is 9.79. The SMILES string of the molecule is Cc1oncc1C(=O)NC1(C(=O)O)CCOC1. The van der Waals surface area contributed by atoms with Crippen LogP contribution in [0.3, 0.4) is 0 Å². The highest BCUT2D eigenvalue weighted by Gasteiger charge is 2.44. The van der Waals surface area contributed by atoms with Crippen molar-refractivity contribution in [3.8, 4) is 0 Å². The number of carbonyl (C=O) groups is 2. The van der Waals surface area contributed by atoms with Gasteiger partial charge in [0.1, 0.15) is 11.3 Å². The summed E-state index contributed by atoms with van der Waals surface area (Å²) >= 11 is 0. The van der Waals surface area contributed by atoms with Gasteiger partial charge in [0.15, 0.2) is 5.54 Å². The second-order valence-electron chi connectivity index (χ2n) is 3.94. The van der Waals surface area contributed by atoms with Crippen molar-refractivity contribution in [3.05, 3.63) is 17.5 Å². The molecular weight excluding hydrogens is 228 g/mol. The number of aromatic nitrogens is 1. The number of amides is 1. The maximum absolute atomic E-state index is 11.9. The lowest BCUT2D eigenvalue weighted by Gasteiger charge is -2.23.